The molecule has 4 nitrogen and oxygen atoms in total. The molecular weight excluding hydrogens is 528 g/mol. The zero-order chi connectivity index (χ0) is 27.9. The third-order valence-electron chi connectivity index (χ3n) is 8.75. The molecule has 5 heteroatoms. The molecule has 1 amide bonds. The van der Waals surface area contributed by atoms with Gasteiger partial charge in [-0.3, -0.25) is 14.5 Å². The minimum absolute atomic E-state index is 0.0628. The van der Waals surface area contributed by atoms with E-state index in [1.165, 1.54) is 39.6 Å². The molecule has 1 fully saturated rings. The minimum Gasteiger partial charge on any atom is -0.322 e. The second kappa shape index (κ2) is 10.8. The normalized spacial score (nSPS) is 17.7. The molecule has 1 N–H and O–H groups in total. The van der Waals surface area contributed by atoms with Gasteiger partial charge in [-0.1, -0.05) is 66.2 Å². The average molecular weight is 559 g/mol. The molecule has 41 heavy (non-hydrogen) atoms. The van der Waals surface area contributed by atoms with Crippen molar-refractivity contribution in [1.82, 2.24) is 4.90 Å². The summed E-state index contributed by atoms with van der Waals surface area (Å²) >= 11 is 6.18. The predicted octanol–water partition coefficient (Wildman–Crippen LogP) is 6.18. The summed E-state index contributed by atoms with van der Waals surface area (Å²) in [6, 6.07) is 27.5. The van der Waals surface area contributed by atoms with Crippen molar-refractivity contribution in [1.29, 1.82) is 0 Å². The van der Waals surface area contributed by atoms with Gasteiger partial charge in [0.25, 0.3) is 5.91 Å². The molecule has 1 aliphatic heterocycles. The summed E-state index contributed by atoms with van der Waals surface area (Å²) in [5, 5.41) is 8.29. The van der Waals surface area contributed by atoms with Gasteiger partial charge in [0.1, 0.15) is 0 Å². The molecule has 0 saturated carbocycles. The lowest BCUT2D eigenvalue weighted by Gasteiger charge is -2.31. The molecule has 1 unspecified atom stereocenters. The number of rotatable bonds is 5. The highest BCUT2D eigenvalue weighted by Crippen LogP contribution is 2.33. The van der Waals surface area contributed by atoms with Gasteiger partial charge in [0.15, 0.2) is 5.78 Å². The molecule has 4 aromatic rings. The Hall–Kier alpha value is -3.99. The number of anilines is 1. The van der Waals surface area contributed by atoms with E-state index in [0.717, 1.165) is 43.1 Å². The maximum Gasteiger partial charge on any atom is 0.257 e. The fraction of sp³-hybridized carbons (Fsp3) is 0.222. The fourth-order valence-electron chi connectivity index (χ4n) is 6.77. The number of hydrogen-bond acceptors (Lipinski definition) is 3. The predicted molar refractivity (Wildman–Crippen MR) is 164 cm³/mol. The number of amides is 1. The topological polar surface area (TPSA) is 49.4 Å². The Bertz CT molecular complexity index is 1910. The van der Waals surface area contributed by atoms with Gasteiger partial charge in [0, 0.05) is 16.8 Å². The number of nitrogens with one attached hydrogen (secondary N) is 1. The Morgan fingerprint density at radius 1 is 0.756 bits per heavy atom. The first kappa shape index (κ1) is 25.9. The summed E-state index contributed by atoms with van der Waals surface area (Å²) in [5.74, 6) is -0.214. The van der Waals surface area contributed by atoms with Gasteiger partial charge >= 0.3 is 0 Å². The number of benzene rings is 4. The fourth-order valence-corrected chi connectivity index (χ4v) is 7.00. The van der Waals surface area contributed by atoms with Crippen LogP contribution in [0.1, 0.15) is 63.6 Å². The number of nitrogens with zero attached hydrogens (tertiary/aromatic N) is 1. The Morgan fingerprint density at radius 3 is 2.29 bits per heavy atom. The summed E-state index contributed by atoms with van der Waals surface area (Å²) in [5.41, 5.74) is 5.29. The molecule has 204 valence electrons. The van der Waals surface area contributed by atoms with Crippen molar-refractivity contribution in [2.75, 3.05) is 18.4 Å². The van der Waals surface area contributed by atoms with Gasteiger partial charge in [-0.25, -0.2) is 0 Å². The lowest BCUT2D eigenvalue weighted by molar-refractivity contribution is 0.102. The summed E-state index contributed by atoms with van der Waals surface area (Å²) in [4.78, 5) is 29.2. The molecule has 0 bridgehead atoms. The monoisotopic (exact) mass is 558 g/mol. The Morgan fingerprint density at radius 2 is 1.49 bits per heavy atom. The Balaban J connectivity index is 1.27. The van der Waals surface area contributed by atoms with E-state index >= 15 is 0 Å². The number of ketones is 1. The highest BCUT2D eigenvalue weighted by Gasteiger charge is 2.29. The van der Waals surface area contributed by atoms with Crippen molar-refractivity contribution in [2.24, 2.45) is 0 Å². The van der Waals surface area contributed by atoms with Crippen LogP contribution in [-0.2, 0) is 6.42 Å². The van der Waals surface area contributed by atoms with Crippen LogP contribution in [0.15, 0.2) is 84.9 Å². The highest BCUT2D eigenvalue weighted by atomic mass is 35.5. The van der Waals surface area contributed by atoms with Gasteiger partial charge < -0.3 is 5.32 Å². The number of likely N-dealkylation sites (tertiary alicyclic amines) is 1. The van der Waals surface area contributed by atoms with E-state index in [1.807, 2.05) is 0 Å². The van der Waals surface area contributed by atoms with Crippen LogP contribution in [0.2, 0.25) is 5.02 Å². The number of carbonyl (C=O) groups is 2. The first-order valence-electron chi connectivity index (χ1n) is 14.5. The quantitative estimate of drug-likeness (QED) is 0.298. The van der Waals surface area contributed by atoms with Crippen LogP contribution in [0.5, 0.6) is 0 Å². The second-order valence-electron chi connectivity index (χ2n) is 11.2. The summed E-state index contributed by atoms with van der Waals surface area (Å²) < 4.78 is 0. The van der Waals surface area contributed by atoms with Crippen molar-refractivity contribution >= 4 is 40.6 Å². The largest absolute Gasteiger partial charge is 0.322 e. The van der Waals surface area contributed by atoms with E-state index < -0.39 is 0 Å². The number of carbonyl (C=O) groups excluding carboxylic acids is 2. The number of halogens is 1. The van der Waals surface area contributed by atoms with Crippen LogP contribution in [0, 0.1) is 10.4 Å². The molecule has 0 spiro atoms. The summed E-state index contributed by atoms with van der Waals surface area (Å²) in [7, 11) is 0. The van der Waals surface area contributed by atoms with Crippen molar-refractivity contribution in [3.05, 3.63) is 133 Å². The first-order valence-corrected chi connectivity index (χ1v) is 14.9. The van der Waals surface area contributed by atoms with Gasteiger partial charge in [-0.15, -0.1) is 0 Å². The van der Waals surface area contributed by atoms with Gasteiger partial charge in [-0.05, 0) is 114 Å². The zero-order valence-corrected chi connectivity index (χ0v) is 23.6. The number of Topliss-reactive ketones (excluding diaryl/α,β-unsaturated/α-hetero) is 1. The van der Waals surface area contributed by atoms with Crippen LogP contribution in [-0.4, -0.2) is 29.7 Å². The van der Waals surface area contributed by atoms with E-state index in [-0.39, 0.29) is 17.7 Å². The molecule has 4 aromatic carbocycles. The molecule has 7 rings (SSSR count). The lowest BCUT2D eigenvalue weighted by Crippen LogP contribution is -2.33. The van der Waals surface area contributed by atoms with Crippen molar-refractivity contribution < 1.29 is 9.59 Å². The highest BCUT2D eigenvalue weighted by molar-refractivity contribution is 6.34. The SMILES string of the molecule is O=C(C1=c2ccc3c(c2CCC1)C(N1CCCC1)C=c1ccccc1=3)c1ccc(NC(=O)c2ccccc2Cl)cc1. The third-order valence-corrected chi connectivity index (χ3v) is 9.08. The van der Waals surface area contributed by atoms with Gasteiger partial charge in [0.05, 0.1) is 16.6 Å². The van der Waals surface area contributed by atoms with Crippen LogP contribution >= 0.6 is 11.6 Å². The molecule has 0 radical (unpaired) electrons. The van der Waals surface area contributed by atoms with Crippen LogP contribution in [0.25, 0.3) is 11.6 Å². The summed E-state index contributed by atoms with van der Waals surface area (Å²) in [6.07, 6.45) is 7.63. The van der Waals surface area contributed by atoms with Crippen LogP contribution < -0.4 is 15.8 Å². The molecule has 1 heterocycles. The third kappa shape index (κ3) is 4.71. The molecule has 0 aromatic heterocycles. The first-order chi connectivity index (χ1) is 20.1. The Labute approximate surface area is 244 Å². The minimum atomic E-state index is -0.277. The standard InChI is InChI=1S/C36H31ClN2O2/c37-32-13-4-3-10-31(32)36(41)38-25-16-14-23(15-17-25)35(40)30-12-7-11-28-27(30)18-19-29-26-9-2-1-8-24(26)22-33(34(28)29)39-20-5-6-21-39/h1-4,8-10,13-19,22,33H,5-7,11-12,20-21H2,(H,38,41). The van der Waals surface area contributed by atoms with E-state index in [1.54, 1.807) is 48.5 Å². The molecule has 3 aliphatic rings. The van der Waals surface area contributed by atoms with Crippen LogP contribution in [0.4, 0.5) is 5.69 Å². The van der Waals surface area contributed by atoms with E-state index in [4.69, 9.17) is 11.6 Å². The van der Waals surface area contributed by atoms with Gasteiger partial charge in [-0.2, -0.15) is 0 Å². The molecule has 1 saturated heterocycles. The molecule has 1 atom stereocenters. The molecule has 2 aliphatic carbocycles. The average Bonchev–Trinajstić information content (AvgIpc) is 3.55. The summed E-state index contributed by atoms with van der Waals surface area (Å²) in [6.45, 7) is 2.22. The van der Waals surface area contributed by atoms with E-state index in [9.17, 15) is 9.59 Å². The van der Waals surface area contributed by atoms with Crippen LogP contribution in [0.3, 0.4) is 0 Å². The lowest BCUT2D eigenvalue weighted by atomic mass is 9.82. The zero-order valence-electron chi connectivity index (χ0n) is 22.8. The Kier molecular flexibility index (Phi) is 6.82. The second-order valence-corrected chi connectivity index (χ2v) is 11.6. The number of fused-ring (bicyclic) bond motifs is 4. The number of hydrogen-bond donors (Lipinski definition) is 1. The maximum absolute atomic E-state index is 13.9. The van der Waals surface area contributed by atoms with E-state index in [0.29, 0.717) is 21.8 Å². The molecular formula is C36H31ClN2O2. The van der Waals surface area contributed by atoms with Crippen molar-refractivity contribution in [3.8, 4) is 0 Å². The smallest absolute Gasteiger partial charge is 0.257 e. The maximum atomic E-state index is 13.9. The van der Waals surface area contributed by atoms with Gasteiger partial charge in [0.2, 0.25) is 0 Å². The van der Waals surface area contributed by atoms with Crippen molar-refractivity contribution in [3.63, 3.8) is 0 Å². The van der Waals surface area contributed by atoms with Crippen molar-refractivity contribution in [2.45, 2.75) is 38.1 Å². The van der Waals surface area contributed by atoms with E-state index in [2.05, 4.69) is 52.7 Å².